The number of hydrogen-bond donors (Lipinski definition) is 2. The minimum atomic E-state index is -0.807. The summed E-state index contributed by atoms with van der Waals surface area (Å²) in [5.41, 5.74) is 0. The summed E-state index contributed by atoms with van der Waals surface area (Å²) in [5.74, 6) is 0. The van der Waals surface area contributed by atoms with Crippen LogP contribution in [-0.4, -0.2) is 60.9 Å². The van der Waals surface area contributed by atoms with Gasteiger partial charge in [-0.2, -0.15) is 0 Å². The van der Waals surface area contributed by atoms with Gasteiger partial charge in [-0.3, -0.25) is 0 Å². The fraction of sp³-hybridized carbons (Fsp3) is 1.00. The predicted octanol–water partition coefficient (Wildman–Crippen LogP) is 0.0112. The molecule has 6 atom stereocenters. The first-order chi connectivity index (χ1) is 8.60. The first kappa shape index (κ1) is 14.2. The average molecular weight is 262 g/mol. The Balaban J connectivity index is 1.89. The molecule has 0 saturated carbocycles. The largest absolute Gasteiger partial charge is 0.391 e. The summed E-state index contributed by atoms with van der Waals surface area (Å²) in [7, 11) is 1.59. The van der Waals surface area contributed by atoms with Crippen LogP contribution in [0.15, 0.2) is 0 Å². The van der Waals surface area contributed by atoms with E-state index in [9.17, 15) is 10.2 Å². The third kappa shape index (κ3) is 3.40. The van der Waals surface area contributed by atoms with E-state index in [0.717, 1.165) is 0 Å². The molecule has 0 amide bonds. The summed E-state index contributed by atoms with van der Waals surface area (Å²) in [6, 6.07) is 0. The van der Waals surface area contributed by atoms with Crippen LogP contribution >= 0.6 is 0 Å². The zero-order chi connectivity index (χ0) is 13.1. The van der Waals surface area contributed by atoms with Crippen LogP contribution in [0.3, 0.4) is 0 Å². The number of aliphatic hydroxyl groups excluding tert-OH is 2. The lowest BCUT2D eigenvalue weighted by atomic mass is 10.0. The van der Waals surface area contributed by atoms with Gasteiger partial charge in [0.05, 0.1) is 24.9 Å². The molecule has 0 aromatic heterocycles. The molecule has 0 bridgehead atoms. The summed E-state index contributed by atoms with van der Waals surface area (Å²) in [4.78, 5) is 0. The van der Waals surface area contributed by atoms with Crippen LogP contribution in [-0.2, 0) is 18.9 Å². The molecule has 2 N–H and O–H groups in total. The van der Waals surface area contributed by atoms with Crippen molar-refractivity contribution in [1.82, 2.24) is 0 Å². The Bertz CT molecular complexity index is 253. The highest BCUT2D eigenvalue weighted by atomic mass is 16.7. The molecule has 2 aliphatic rings. The van der Waals surface area contributed by atoms with Crippen LogP contribution < -0.4 is 0 Å². The van der Waals surface area contributed by atoms with Gasteiger partial charge in [-0.05, 0) is 13.3 Å². The molecular formula is C12H22O6. The molecule has 0 spiro atoms. The molecule has 2 saturated heterocycles. The Hall–Kier alpha value is -0.240. The van der Waals surface area contributed by atoms with Crippen molar-refractivity contribution in [2.45, 2.75) is 63.2 Å². The molecule has 2 rings (SSSR count). The van der Waals surface area contributed by atoms with Gasteiger partial charge in [0.15, 0.2) is 12.6 Å². The van der Waals surface area contributed by atoms with Crippen LogP contribution in [0, 0.1) is 0 Å². The number of rotatable bonds is 3. The second-order valence-electron chi connectivity index (χ2n) is 4.90. The monoisotopic (exact) mass is 262 g/mol. The molecule has 6 nitrogen and oxygen atoms in total. The Kier molecular flexibility index (Phi) is 4.94. The SMILES string of the molecule is COC1C[C@H](O)OC(C)[C@@H]1OC1CCC(O)CO1. The van der Waals surface area contributed by atoms with Gasteiger partial charge >= 0.3 is 0 Å². The van der Waals surface area contributed by atoms with Crippen molar-refractivity contribution in [2.75, 3.05) is 13.7 Å². The van der Waals surface area contributed by atoms with Crippen LogP contribution in [0.4, 0.5) is 0 Å². The van der Waals surface area contributed by atoms with Crippen LogP contribution in [0.1, 0.15) is 26.2 Å². The summed E-state index contributed by atoms with van der Waals surface area (Å²) < 4.78 is 21.9. The fourth-order valence-corrected chi connectivity index (χ4v) is 2.44. The van der Waals surface area contributed by atoms with E-state index in [1.54, 1.807) is 7.11 Å². The van der Waals surface area contributed by atoms with Gasteiger partial charge in [0.2, 0.25) is 0 Å². The molecule has 106 valence electrons. The molecule has 2 heterocycles. The highest BCUT2D eigenvalue weighted by molar-refractivity contribution is 4.83. The quantitative estimate of drug-likeness (QED) is 0.746. The average Bonchev–Trinajstić information content (AvgIpc) is 2.34. The Labute approximate surface area is 107 Å². The molecule has 2 aliphatic heterocycles. The smallest absolute Gasteiger partial charge is 0.158 e. The molecule has 0 aromatic rings. The van der Waals surface area contributed by atoms with Crippen molar-refractivity contribution in [2.24, 2.45) is 0 Å². The molecular weight excluding hydrogens is 240 g/mol. The molecule has 2 fully saturated rings. The van der Waals surface area contributed by atoms with E-state index >= 15 is 0 Å². The summed E-state index contributed by atoms with van der Waals surface area (Å²) in [6.45, 7) is 2.14. The minimum Gasteiger partial charge on any atom is -0.391 e. The zero-order valence-corrected chi connectivity index (χ0v) is 10.8. The van der Waals surface area contributed by atoms with Crippen molar-refractivity contribution in [1.29, 1.82) is 0 Å². The minimum absolute atomic E-state index is 0.209. The lowest BCUT2D eigenvalue weighted by Gasteiger charge is -2.40. The second-order valence-corrected chi connectivity index (χ2v) is 4.90. The highest BCUT2D eigenvalue weighted by Crippen LogP contribution is 2.27. The summed E-state index contributed by atoms with van der Waals surface area (Å²) in [5, 5.41) is 18.9. The number of ether oxygens (including phenoxy) is 4. The Morgan fingerprint density at radius 2 is 2.00 bits per heavy atom. The molecule has 6 heteroatoms. The van der Waals surface area contributed by atoms with Gasteiger partial charge in [-0.15, -0.1) is 0 Å². The van der Waals surface area contributed by atoms with E-state index < -0.39 is 12.4 Å². The number of hydrogen-bond acceptors (Lipinski definition) is 6. The zero-order valence-electron chi connectivity index (χ0n) is 10.8. The molecule has 4 unspecified atom stereocenters. The first-order valence-corrected chi connectivity index (χ1v) is 6.41. The Morgan fingerprint density at radius 3 is 2.61 bits per heavy atom. The maximum atomic E-state index is 9.52. The fourth-order valence-electron chi connectivity index (χ4n) is 2.44. The second kappa shape index (κ2) is 6.27. The molecule has 18 heavy (non-hydrogen) atoms. The summed E-state index contributed by atoms with van der Waals surface area (Å²) >= 11 is 0. The van der Waals surface area contributed by atoms with Crippen molar-refractivity contribution in [3.05, 3.63) is 0 Å². The first-order valence-electron chi connectivity index (χ1n) is 6.41. The predicted molar refractivity (Wildman–Crippen MR) is 61.8 cm³/mol. The van der Waals surface area contributed by atoms with Gasteiger partial charge in [0.1, 0.15) is 6.10 Å². The topological polar surface area (TPSA) is 77.4 Å². The molecule has 0 radical (unpaired) electrons. The van der Waals surface area contributed by atoms with Gasteiger partial charge in [-0.25, -0.2) is 0 Å². The van der Waals surface area contributed by atoms with E-state index in [1.165, 1.54) is 0 Å². The van der Waals surface area contributed by atoms with Gasteiger partial charge < -0.3 is 29.2 Å². The maximum absolute atomic E-state index is 9.52. The lowest BCUT2D eigenvalue weighted by molar-refractivity contribution is -0.289. The van der Waals surface area contributed by atoms with Crippen LogP contribution in [0.25, 0.3) is 0 Å². The summed E-state index contributed by atoms with van der Waals surface area (Å²) in [6.07, 6.45) is -0.551. The van der Waals surface area contributed by atoms with E-state index in [2.05, 4.69) is 0 Å². The molecule has 0 aromatic carbocycles. The van der Waals surface area contributed by atoms with E-state index in [1.807, 2.05) is 6.92 Å². The van der Waals surface area contributed by atoms with Gasteiger partial charge in [0, 0.05) is 20.0 Å². The third-order valence-corrected chi connectivity index (χ3v) is 3.46. The van der Waals surface area contributed by atoms with E-state index in [-0.39, 0.29) is 24.6 Å². The van der Waals surface area contributed by atoms with Gasteiger partial charge in [-0.1, -0.05) is 0 Å². The Morgan fingerprint density at radius 1 is 1.22 bits per heavy atom. The lowest BCUT2D eigenvalue weighted by Crippen LogP contribution is -2.51. The van der Waals surface area contributed by atoms with Crippen molar-refractivity contribution >= 4 is 0 Å². The van der Waals surface area contributed by atoms with E-state index in [0.29, 0.717) is 25.9 Å². The maximum Gasteiger partial charge on any atom is 0.158 e. The van der Waals surface area contributed by atoms with Gasteiger partial charge in [0.25, 0.3) is 0 Å². The van der Waals surface area contributed by atoms with Crippen LogP contribution in [0.2, 0.25) is 0 Å². The van der Waals surface area contributed by atoms with Crippen molar-refractivity contribution in [3.63, 3.8) is 0 Å². The standard InChI is InChI=1S/C12H22O6/c1-7-12(9(15-2)5-10(14)17-7)18-11-4-3-8(13)6-16-11/h7-14H,3-6H2,1-2H3/t7?,8?,9?,10-,11?,12+/m1/s1. The number of methoxy groups -OCH3 is 1. The highest BCUT2D eigenvalue weighted by Gasteiger charge is 2.39. The number of aliphatic hydroxyl groups is 2. The molecule has 0 aliphatic carbocycles. The van der Waals surface area contributed by atoms with E-state index in [4.69, 9.17) is 18.9 Å². The van der Waals surface area contributed by atoms with Crippen LogP contribution in [0.5, 0.6) is 0 Å². The van der Waals surface area contributed by atoms with Crippen molar-refractivity contribution < 1.29 is 29.2 Å². The third-order valence-electron chi connectivity index (χ3n) is 3.46. The van der Waals surface area contributed by atoms with Crippen molar-refractivity contribution in [3.8, 4) is 0 Å². The normalized spacial score (nSPS) is 46.0.